The molecule has 0 radical (unpaired) electrons. The fraction of sp³-hybridized carbons (Fsp3) is 0.318. The summed E-state index contributed by atoms with van der Waals surface area (Å²) in [6.07, 6.45) is 7.32. The molecule has 1 saturated carbocycles. The number of benzene rings is 1. The summed E-state index contributed by atoms with van der Waals surface area (Å²) in [6.45, 7) is 2.39. The van der Waals surface area contributed by atoms with Crippen LogP contribution in [0.25, 0.3) is 5.65 Å². The van der Waals surface area contributed by atoms with Gasteiger partial charge in [0.25, 0.3) is 11.5 Å². The smallest absolute Gasteiger partial charge is 0.270 e. The van der Waals surface area contributed by atoms with Crippen LogP contribution in [0.5, 0.6) is 0 Å². The molecule has 0 bridgehead atoms. The number of aryl methyl sites for hydroxylation is 1. The Morgan fingerprint density at radius 2 is 1.89 bits per heavy atom. The van der Waals surface area contributed by atoms with E-state index >= 15 is 0 Å². The number of hydrogen-bond acceptors (Lipinski definition) is 3. The first-order chi connectivity index (χ1) is 13.5. The second-order valence-electron chi connectivity index (χ2n) is 7.59. The maximum atomic E-state index is 12.8. The average Bonchev–Trinajstić information content (AvgIpc) is 3.17. The molecule has 6 heteroatoms. The zero-order valence-electron chi connectivity index (χ0n) is 15.7. The third-order valence-corrected chi connectivity index (χ3v) is 5.95. The summed E-state index contributed by atoms with van der Waals surface area (Å²) in [4.78, 5) is 29.8. The Balaban J connectivity index is 1.59. The van der Waals surface area contributed by atoms with Gasteiger partial charge in [0.1, 0.15) is 11.2 Å². The van der Waals surface area contributed by atoms with Crippen LogP contribution in [-0.4, -0.2) is 21.8 Å². The maximum Gasteiger partial charge on any atom is 0.270 e. The van der Waals surface area contributed by atoms with E-state index < -0.39 is 0 Å². The summed E-state index contributed by atoms with van der Waals surface area (Å²) in [5.74, 6) is -0.381. The van der Waals surface area contributed by atoms with Gasteiger partial charge in [0.15, 0.2) is 0 Å². The number of carbonyl (C=O) groups excluding carboxylic acids is 1. The number of hydrogen-bond donors (Lipinski definition) is 1. The molecule has 28 heavy (non-hydrogen) atoms. The molecular weight excluding hydrogens is 374 g/mol. The Hall–Kier alpha value is -2.66. The lowest BCUT2D eigenvalue weighted by molar-refractivity contribution is 0.0941. The van der Waals surface area contributed by atoms with Crippen LogP contribution < -0.4 is 10.9 Å². The molecule has 1 amide bonds. The molecular formula is C22H22ClN3O2. The van der Waals surface area contributed by atoms with Crippen LogP contribution in [0.15, 0.2) is 53.6 Å². The van der Waals surface area contributed by atoms with E-state index in [1.807, 2.05) is 37.3 Å². The Bertz CT molecular complexity index is 1080. The second kappa shape index (κ2) is 7.40. The van der Waals surface area contributed by atoms with Crippen molar-refractivity contribution in [2.24, 2.45) is 0 Å². The molecule has 1 aliphatic carbocycles. The standard InChI is InChI=1S/C22H22ClN3O2/c1-15-4-9-19-24-12-18(21(28)26(19)13-15)20(27)25-14-22(10-2-3-11-22)16-5-7-17(23)8-6-16/h4-9,12-13H,2-3,10-11,14H2,1H3,(H,25,27). The van der Waals surface area contributed by atoms with Gasteiger partial charge in [-0.2, -0.15) is 0 Å². The van der Waals surface area contributed by atoms with Gasteiger partial charge in [-0.3, -0.25) is 14.0 Å². The van der Waals surface area contributed by atoms with Crippen molar-refractivity contribution in [2.75, 3.05) is 6.54 Å². The monoisotopic (exact) mass is 395 g/mol. The number of aromatic nitrogens is 2. The zero-order chi connectivity index (χ0) is 19.7. The first-order valence-electron chi connectivity index (χ1n) is 9.51. The fourth-order valence-electron chi connectivity index (χ4n) is 4.11. The topological polar surface area (TPSA) is 63.5 Å². The van der Waals surface area contributed by atoms with Crippen molar-refractivity contribution in [1.29, 1.82) is 0 Å². The van der Waals surface area contributed by atoms with Gasteiger partial charge in [-0.25, -0.2) is 4.98 Å². The van der Waals surface area contributed by atoms with Crippen molar-refractivity contribution < 1.29 is 4.79 Å². The first kappa shape index (κ1) is 18.7. The highest BCUT2D eigenvalue weighted by Gasteiger charge is 2.36. The fourth-order valence-corrected chi connectivity index (χ4v) is 4.23. The minimum Gasteiger partial charge on any atom is -0.351 e. The van der Waals surface area contributed by atoms with Gasteiger partial charge >= 0.3 is 0 Å². The van der Waals surface area contributed by atoms with Crippen molar-refractivity contribution in [3.05, 3.63) is 80.9 Å². The van der Waals surface area contributed by atoms with Crippen LogP contribution in [-0.2, 0) is 5.41 Å². The average molecular weight is 396 g/mol. The van der Waals surface area contributed by atoms with Crippen LogP contribution in [0, 0.1) is 6.92 Å². The van der Waals surface area contributed by atoms with Crippen molar-refractivity contribution in [3.8, 4) is 0 Å². The number of fused-ring (bicyclic) bond motifs is 1. The van der Waals surface area contributed by atoms with Gasteiger partial charge in [-0.15, -0.1) is 0 Å². The predicted octanol–water partition coefficient (Wildman–Crippen LogP) is 3.90. The number of pyridine rings is 1. The highest BCUT2D eigenvalue weighted by atomic mass is 35.5. The molecule has 144 valence electrons. The molecule has 1 fully saturated rings. The van der Waals surface area contributed by atoms with Crippen LogP contribution >= 0.6 is 11.6 Å². The minimum atomic E-state index is -0.381. The molecule has 0 atom stereocenters. The lowest BCUT2D eigenvalue weighted by Gasteiger charge is -2.30. The van der Waals surface area contributed by atoms with Crippen molar-refractivity contribution >= 4 is 23.2 Å². The summed E-state index contributed by atoms with van der Waals surface area (Å²) in [5, 5.41) is 3.69. The van der Waals surface area contributed by atoms with Gasteiger partial charge < -0.3 is 5.32 Å². The molecule has 5 nitrogen and oxygen atoms in total. The van der Waals surface area contributed by atoms with E-state index in [4.69, 9.17) is 11.6 Å². The molecule has 0 aliphatic heterocycles. The molecule has 0 saturated heterocycles. The summed E-state index contributed by atoms with van der Waals surface area (Å²) >= 11 is 6.03. The molecule has 0 spiro atoms. The van der Waals surface area contributed by atoms with Gasteiger partial charge in [0.05, 0.1) is 0 Å². The molecule has 1 N–H and O–H groups in total. The van der Waals surface area contributed by atoms with Gasteiger partial charge in [0.2, 0.25) is 0 Å². The second-order valence-corrected chi connectivity index (χ2v) is 8.03. The molecule has 0 unspecified atom stereocenters. The summed E-state index contributed by atoms with van der Waals surface area (Å²) < 4.78 is 1.43. The normalized spacial score (nSPS) is 15.6. The van der Waals surface area contributed by atoms with Crippen molar-refractivity contribution in [1.82, 2.24) is 14.7 Å². The number of rotatable bonds is 4. The third-order valence-electron chi connectivity index (χ3n) is 5.70. The third kappa shape index (κ3) is 3.42. The molecule has 3 aromatic rings. The molecule has 2 heterocycles. The Morgan fingerprint density at radius 1 is 1.18 bits per heavy atom. The zero-order valence-corrected chi connectivity index (χ0v) is 16.5. The highest BCUT2D eigenvalue weighted by molar-refractivity contribution is 6.30. The van der Waals surface area contributed by atoms with Crippen molar-refractivity contribution in [2.45, 2.75) is 38.0 Å². The number of amides is 1. The summed E-state index contributed by atoms with van der Waals surface area (Å²) in [6, 6.07) is 11.5. The van der Waals surface area contributed by atoms with E-state index in [-0.39, 0.29) is 22.4 Å². The Labute approximate surface area is 168 Å². The Kier molecular flexibility index (Phi) is 4.94. The van der Waals surface area contributed by atoms with Crippen LogP contribution in [0.4, 0.5) is 0 Å². The highest BCUT2D eigenvalue weighted by Crippen LogP contribution is 2.40. The van der Waals surface area contributed by atoms with Crippen LogP contribution in [0.2, 0.25) is 5.02 Å². The van der Waals surface area contributed by atoms with E-state index in [0.29, 0.717) is 17.2 Å². The molecule has 4 rings (SSSR count). The van der Waals surface area contributed by atoms with E-state index in [0.717, 1.165) is 31.2 Å². The quantitative estimate of drug-likeness (QED) is 0.728. The lowest BCUT2D eigenvalue weighted by Crippen LogP contribution is -2.41. The molecule has 1 aliphatic rings. The first-order valence-corrected chi connectivity index (χ1v) is 9.89. The summed E-state index contributed by atoms with van der Waals surface area (Å²) in [7, 11) is 0. The van der Waals surface area contributed by atoms with Crippen molar-refractivity contribution in [3.63, 3.8) is 0 Å². The predicted molar refractivity (Wildman–Crippen MR) is 110 cm³/mol. The number of halogens is 1. The van der Waals surface area contributed by atoms with E-state index in [2.05, 4.69) is 10.3 Å². The SMILES string of the molecule is Cc1ccc2ncc(C(=O)NCC3(c4ccc(Cl)cc4)CCCC3)c(=O)n2c1. The Morgan fingerprint density at radius 3 is 2.61 bits per heavy atom. The summed E-state index contributed by atoms with van der Waals surface area (Å²) in [5.41, 5.74) is 2.24. The lowest BCUT2D eigenvalue weighted by atomic mass is 9.79. The van der Waals surface area contributed by atoms with E-state index in [1.54, 1.807) is 12.3 Å². The number of carbonyl (C=O) groups is 1. The van der Waals surface area contributed by atoms with Gasteiger partial charge in [-0.1, -0.05) is 42.6 Å². The maximum absolute atomic E-state index is 12.8. The van der Waals surface area contributed by atoms with Gasteiger partial charge in [0, 0.05) is 29.4 Å². The number of nitrogens with zero attached hydrogens (tertiary/aromatic N) is 2. The van der Waals surface area contributed by atoms with Crippen LogP contribution in [0.3, 0.4) is 0 Å². The van der Waals surface area contributed by atoms with Gasteiger partial charge in [-0.05, 0) is 49.1 Å². The number of nitrogens with one attached hydrogen (secondary N) is 1. The molecule has 2 aromatic heterocycles. The largest absolute Gasteiger partial charge is 0.351 e. The van der Waals surface area contributed by atoms with Crippen LogP contribution in [0.1, 0.15) is 47.2 Å². The minimum absolute atomic E-state index is 0.0624. The van der Waals surface area contributed by atoms with E-state index in [1.165, 1.54) is 16.2 Å². The van der Waals surface area contributed by atoms with E-state index in [9.17, 15) is 9.59 Å². The molecule has 1 aromatic carbocycles.